The third-order valence-electron chi connectivity index (χ3n) is 2.21. The lowest BCUT2D eigenvalue weighted by Crippen LogP contribution is -2.08. The minimum absolute atomic E-state index is 0.158. The highest BCUT2D eigenvalue weighted by Gasteiger charge is 2.00. The number of ether oxygens (including phenoxy) is 1. The number of anilines is 1. The van der Waals surface area contributed by atoms with Crippen LogP contribution in [-0.2, 0) is 9.53 Å². The van der Waals surface area contributed by atoms with E-state index in [9.17, 15) is 4.79 Å². The van der Waals surface area contributed by atoms with E-state index >= 15 is 0 Å². The molecule has 0 aliphatic carbocycles. The summed E-state index contributed by atoms with van der Waals surface area (Å²) in [5.74, 6) is -0.158. The van der Waals surface area contributed by atoms with E-state index in [4.69, 9.17) is 10.00 Å². The van der Waals surface area contributed by atoms with Crippen LogP contribution >= 0.6 is 0 Å². The van der Waals surface area contributed by atoms with Crippen molar-refractivity contribution in [2.45, 2.75) is 19.8 Å². The maximum Gasteiger partial charge on any atom is 0.305 e. The number of esters is 1. The van der Waals surface area contributed by atoms with Crippen molar-refractivity contribution in [2.75, 3.05) is 18.5 Å². The lowest BCUT2D eigenvalue weighted by atomic mass is 10.2. The van der Waals surface area contributed by atoms with Crippen LogP contribution in [0.4, 0.5) is 5.69 Å². The molecule has 0 atom stereocenters. The Labute approximate surface area is 101 Å². The molecule has 0 aromatic heterocycles. The number of nitrogens with one attached hydrogen (secondary N) is 1. The first-order chi connectivity index (χ1) is 8.26. The van der Waals surface area contributed by atoms with Crippen LogP contribution in [0, 0.1) is 11.3 Å². The quantitative estimate of drug-likeness (QED) is 0.604. The molecule has 4 nitrogen and oxygen atoms in total. The van der Waals surface area contributed by atoms with Gasteiger partial charge in [0.2, 0.25) is 0 Å². The predicted octanol–water partition coefficient (Wildman–Crippen LogP) is 2.31. The Morgan fingerprint density at radius 2 is 2.12 bits per heavy atom. The van der Waals surface area contributed by atoms with Crippen molar-refractivity contribution in [3.63, 3.8) is 0 Å². The van der Waals surface area contributed by atoms with Gasteiger partial charge in [0, 0.05) is 18.7 Å². The zero-order valence-corrected chi connectivity index (χ0v) is 9.90. The minimum atomic E-state index is -0.158. The average Bonchev–Trinajstić information content (AvgIpc) is 2.36. The zero-order valence-electron chi connectivity index (χ0n) is 9.90. The lowest BCUT2D eigenvalue weighted by molar-refractivity contribution is -0.143. The number of hydrogen-bond donors (Lipinski definition) is 1. The summed E-state index contributed by atoms with van der Waals surface area (Å²) in [6.45, 7) is 2.94. The highest BCUT2D eigenvalue weighted by atomic mass is 16.5. The molecule has 0 radical (unpaired) electrons. The Bertz CT molecular complexity index is 393. The molecule has 0 amide bonds. The molecular formula is C13H16N2O2. The van der Waals surface area contributed by atoms with Crippen molar-refractivity contribution >= 4 is 11.7 Å². The summed E-state index contributed by atoms with van der Waals surface area (Å²) in [6.07, 6.45) is 1.16. The lowest BCUT2D eigenvalue weighted by Gasteiger charge is -2.06. The number of carbonyl (C=O) groups excluding carboxylic acids is 1. The monoisotopic (exact) mass is 232 g/mol. The fraction of sp³-hybridized carbons (Fsp3) is 0.385. The summed E-state index contributed by atoms with van der Waals surface area (Å²) in [4.78, 5) is 11.1. The van der Waals surface area contributed by atoms with Crippen LogP contribution in [0.3, 0.4) is 0 Å². The van der Waals surface area contributed by atoms with Gasteiger partial charge >= 0.3 is 5.97 Å². The van der Waals surface area contributed by atoms with Crippen LogP contribution in [-0.4, -0.2) is 19.1 Å². The van der Waals surface area contributed by atoms with Gasteiger partial charge in [-0.3, -0.25) is 4.79 Å². The van der Waals surface area contributed by atoms with Gasteiger partial charge in [0.25, 0.3) is 0 Å². The number of rotatable bonds is 6. The Morgan fingerprint density at radius 1 is 1.41 bits per heavy atom. The molecule has 1 aromatic carbocycles. The molecule has 0 fully saturated rings. The number of hydrogen-bond acceptors (Lipinski definition) is 4. The van der Waals surface area contributed by atoms with Gasteiger partial charge in [-0.1, -0.05) is 0 Å². The van der Waals surface area contributed by atoms with Crippen LogP contribution in [0.25, 0.3) is 0 Å². The molecule has 0 aliphatic rings. The summed E-state index contributed by atoms with van der Waals surface area (Å²) >= 11 is 0. The van der Waals surface area contributed by atoms with E-state index in [-0.39, 0.29) is 5.97 Å². The molecule has 0 saturated heterocycles. The highest BCUT2D eigenvalue weighted by molar-refractivity contribution is 5.69. The molecule has 1 rings (SSSR count). The number of carbonyl (C=O) groups is 1. The second-order valence-corrected chi connectivity index (χ2v) is 3.52. The first kappa shape index (κ1) is 13.0. The third-order valence-corrected chi connectivity index (χ3v) is 2.21. The van der Waals surface area contributed by atoms with Crippen LogP contribution in [0.15, 0.2) is 24.3 Å². The van der Waals surface area contributed by atoms with Gasteiger partial charge in [-0.2, -0.15) is 5.26 Å². The smallest absolute Gasteiger partial charge is 0.305 e. The van der Waals surface area contributed by atoms with E-state index in [2.05, 4.69) is 11.4 Å². The Morgan fingerprint density at radius 3 is 2.71 bits per heavy atom. The third kappa shape index (κ3) is 5.03. The van der Waals surface area contributed by atoms with Crippen molar-refractivity contribution in [2.24, 2.45) is 0 Å². The summed E-state index contributed by atoms with van der Waals surface area (Å²) < 4.78 is 4.82. The van der Waals surface area contributed by atoms with Gasteiger partial charge in [0.1, 0.15) is 0 Å². The van der Waals surface area contributed by atoms with Gasteiger partial charge in [-0.25, -0.2) is 0 Å². The average molecular weight is 232 g/mol. The van der Waals surface area contributed by atoms with Crippen molar-refractivity contribution in [3.05, 3.63) is 29.8 Å². The second-order valence-electron chi connectivity index (χ2n) is 3.52. The molecule has 4 heteroatoms. The van der Waals surface area contributed by atoms with E-state index in [1.54, 1.807) is 19.1 Å². The normalized spacial score (nSPS) is 9.41. The van der Waals surface area contributed by atoms with E-state index < -0.39 is 0 Å². The molecule has 0 unspecified atom stereocenters. The van der Waals surface area contributed by atoms with Gasteiger partial charge in [-0.15, -0.1) is 0 Å². The Balaban J connectivity index is 2.22. The molecular weight excluding hydrogens is 216 g/mol. The minimum Gasteiger partial charge on any atom is -0.466 e. The summed E-state index contributed by atoms with van der Waals surface area (Å²) in [7, 11) is 0. The Hall–Kier alpha value is -2.02. The number of benzene rings is 1. The maximum atomic E-state index is 11.1. The summed E-state index contributed by atoms with van der Waals surface area (Å²) in [5.41, 5.74) is 1.59. The fourth-order valence-electron chi connectivity index (χ4n) is 1.36. The van der Waals surface area contributed by atoms with Crippen molar-refractivity contribution in [1.82, 2.24) is 0 Å². The largest absolute Gasteiger partial charge is 0.466 e. The molecule has 0 aliphatic heterocycles. The van der Waals surface area contributed by atoms with E-state index in [0.29, 0.717) is 25.1 Å². The molecule has 1 N–H and O–H groups in total. The second kappa shape index (κ2) is 7.29. The zero-order chi connectivity index (χ0) is 12.5. The van der Waals surface area contributed by atoms with Crippen molar-refractivity contribution in [3.8, 4) is 6.07 Å². The van der Waals surface area contributed by atoms with Crippen molar-refractivity contribution < 1.29 is 9.53 Å². The molecule has 90 valence electrons. The van der Waals surface area contributed by atoms with Crippen LogP contribution in [0.5, 0.6) is 0 Å². The molecule has 1 aromatic rings. The van der Waals surface area contributed by atoms with Gasteiger partial charge in [0.05, 0.1) is 18.2 Å². The first-order valence-corrected chi connectivity index (χ1v) is 5.66. The number of nitriles is 1. The molecule has 0 saturated carbocycles. The standard InChI is InChI=1S/C13H16N2O2/c1-2-17-13(16)4-3-9-15-12-7-5-11(10-14)6-8-12/h5-8,15H,2-4,9H2,1H3. The Kier molecular flexibility index (Phi) is 5.59. The van der Waals surface area contributed by atoms with Crippen LogP contribution < -0.4 is 5.32 Å². The molecule has 0 heterocycles. The molecule has 0 spiro atoms. The first-order valence-electron chi connectivity index (χ1n) is 5.66. The van der Waals surface area contributed by atoms with Gasteiger partial charge in [-0.05, 0) is 37.6 Å². The fourth-order valence-corrected chi connectivity index (χ4v) is 1.36. The highest BCUT2D eigenvalue weighted by Crippen LogP contribution is 2.08. The molecule has 0 bridgehead atoms. The van der Waals surface area contributed by atoms with Crippen LogP contribution in [0.2, 0.25) is 0 Å². The van der Waals surface area contributed by atoms with Gasteiger partial charge in [0.15, 0.2) is 0 Å². The number of nitrogens with zero attached hydrogens (tertiary/aromatic N) is 1. The van der Waals surface area contributed by atoms with Gasteiger partial charge < -0.3 is 10.1 Å². The summed E-state index contributed by atoms with van der Waals surface area (Å²) in [5, 5.41) is 11.8. The maximum absolute atomic E-state index is 11.1. The SMILES string of the molecule is CCOC(=O)CCCNc1ccc(C#N)cc1. The van der Waals surface area contributed by atoms with Crippen molar-refractivity contribution in [1.29, 1.82) is 5.26 Å². The van der Waals surface area contributed by atoms with Crippen LogP contribution in [0.1, 0.15) is 25.3 Å². The van der Waals surface area contributed by atoms with E-state index in [1.807, 2.05) is 12.1 Å². The van der Waals surface area contributed by atoms with E-state index in [1.165, 1.54) is 0 Å². The topological polar surface area (TPSA) is 62.1 Å². The molecule has 17 heavy (non-hydrogen) atoms. The van der Waals surface area contributed by atoms with E-state index in [0.717, 1.165) is 12.1 Å². The summed E-state index contributed by atoms with van der Waals surface area (Å²) in [6, 6.07) is 9.28. The predicted molar refractivity (Wildman–Crippen MR) is 65.5 cm³/mol.